The van der Waals surface area contributed by atoms with Crippen LogP contribution in [0.3, 0.4) is 0 Å². The Morgan fingerprint density at radius 3 is 2.56 bits per heavy atom. The summed E-state index contributed by atoms with van der Waals surface area (Å²) in [7, 11) is 1.89. The van der Waals surface area contributed by atoms with E-state index >= 15 is 0 Å². The molecular formula is C6H16N2O. The molecule has 0 bridgehead atoms. The minimum absolute atomic E-state index is 0.310. The van der Waals surface area contributed by atoms with Gasteiger partial charge in [-0.15, -0.1) is 0 Å². The molecule has 0 fully saturated rings. The van der Waals surface area contributed by atoms with Crippen molar-refractivity contribution in [3.63, 3.8) is 0 Å². The van der Waals surface area contributed by atoms with Crippen LogP contribution in [0.5, 0.6) is 0 Å². The van der Waals surface area contributed by atoms with Crippen LogP contribution < -0.4 is 5.73 Å². The lowest BCUT2D eigenvalue weighted by Gasteiger charge is -2.21. The van der Waals surface area contributed by atoms with Crippen molar-refractivity contribution in [3.8, 4) is 0 Å². The predicted octanol–water partition coefficient (Wildman–Crippen LogP) is 0.217. The molecule has 3 heteroatoms. The van der Waals surface area contributed by atoms with Gasteiger partial charge in [0.2, 0.25) is 0 Å². The zero-order valence-corrected chi connectivity index (χ0v) is 6.42. The highest BCUT2D eigenvalue weighted by Crippen LogP contribution is 1.92. The summed E-state index contributed by atoms with van der Waals surface area (Å²) in [6, 6.07) is 0.310. The molecule has 0 spiro atoms. The summed E-state index contributed by atoms with van der Waals surface area (Å²) in [5.41, 5.74) is 5.38. The molecule has 0 aromatic carbocycles. The summed E-state index contributed by atoms with van der Waals surface area (Å²) in [5, 5.41) is 1.78. The van der Waals surface area contributed by atoms with Crippen LogP contribution in [0.1, 0.15) is 13.8 Å². The fourth-order valence-corrected chi connectivity index (χ4v) is 0.479. The molecule has 0 aliphatic heterocycles. The average molecular weight is 132 g/mol. The van der Waals surface area contributed by atoms with E-state index in [2.05, 4.69) is 0 Å². The monoisotopic (exact) mass is 132 g/mol. The van der Waals surface area contributed by atoms with Gasteiger partial charge in [-0.25, -0.2) is 0 Å². The maximum Gasteiger partial charge on any atom is 0.0656 e. The number of rotatable bonds is 4. The van der Waals surface area contributed by atoms with Crippen LogP contribution in [0.25, 0.3) is 0 Å². The number of hydrogen-bond donors (Lipinski definition) is 1. The molecule has 0 saturated carbocycles. The third-order valence-corrected chi connectivity index (χ3v) is 1.29. The lowest BCUT2D eigenvalue weighted by Crippen LogP contribution is -2.35. The summed E-state index contributed by atoms with van der Waals surface area (Å²) in [5.74, 6) is 0. The van der Waals surface area contributed by atoms with Crippen molar-refractivity contribution < 1.29 is 4.84 Å². The van der Waals surface area contributed by atoms with Gasteiger partial charge in [-0.3, -0.25) is 4.84 Å². The van der Waals surface area contributed by atoms with E-state index < -0.39 is 0 Å². The van der Waals surface area contributed by atoms with E-state index in [0.29, 0.717) is 19.2 Å². The topological polar surface area (TPSA) is 38.5 Å². The fraction of sp³-hybridized carbons (Fsp3) is 1.00. The van der Waals surface area contributed by atoms with Gasteiger partial charge in [0.1, 0.15) is 0 Å². The molecule has 1 unspecified atom stereocenters. The molecule has 1 atom stereocenters. The molecule has 3 nitrogen and oxygen atoms in total. The normalized spacial score (nSPS) is 14.3. The molecule has 56 valence electrons. The standard InChI is InChI=1S/C6H16N2O/c1-4-9-8(3)6(2)5-7/h6H,4-5,7H2,1-3H3. The summed E-state index contributed by atoms with van der Waals surface area (Å²) in [6.45, 7) is 5.33. The first kappa shape index (κ1) is 8.88. The fourth-order valence-electron chi connectivity index (χ4n) is 0.479. The molecule has 0 radical (unpaired) electrons. The lowest BCUT2D eigenvalue weighted by molar-refractivity contribution is -0.157. The summed E-state index contributed by atoms with van der Waals surface area (Å²) >= 11 is 0. The molecule has 0 amide bonds. The zero-order valence-electron chi connectivity index (χ0n) is 6.42. The average Bonchev–Trinajstić information content (AvgIpc) is 1.87. The Labute approximate surface area is 56.7 Å². The molecule has 0 aliphatic carbocycles. The molecule has 2 N–H and O–H groups in total. The maximum absolute atomic E-state index is 5.38. The number of likely N-dealkylation sites (N-methyl/N-ethyl adjacent to an activating group) is 1. The van der Waals surface area contributed by atoms with Crippen LogP contribution in [-0.2, 0) is 4.84 Å². The van der Waals surface area contributed by atoms with Crippen LogP contribution in [-0.4, -0.2) is 31.3 Å². The molecule has 9 heavy (non-hydrogen) atoms. The molecule has 0 saturated heterocycles. The van der Waals surface area contributed by atoms with Gasteiger partial charge in [0.15, 0.2) is 0 Å². The number of nitrogens with zero attached hydrogens (tertiary/aromatic N) is 1. The minimum atomic E-state index is 0.310. The van der Waals surface area contributed by atoms with E-state index in [4.69, 9.17) is 10.6 Å². The zero-order chi connectivity index (χ0) is 7.28. The lowest BCUT2D eigenvalue weighted by atomic mass is 10.3. The first-order valence-electron chi connectivity index (χ1n) is 3.28. The highest BCUT2D eigenvalue weighted by molar-refractivity contribution is 4.54. The maximum atomic E-state index is 5.38. The Morgan fingerprint density at radius 2 is 2.22 bits per heavy atom. The van der Waals surface area contributed by atoms with Gasteiger partial charge in [0, 0.05) is 19.6 Å². The highest BCUT2D eigenvalue weighted by Gasteiger charge is 2.04. The third kappa shape index (κ3) is 3.46. The van der Waals surface area contributed by atoms with Gasteiger partial charge in [0.05, 0.1) is 6.61 Å². The van der Waals surface area contributed by atoms with E-state index in [1.807, 2.05) is 20.9 Å². The van der Waals surface area contributed by atoms with Crippen molar-refractivity contribution in [3.05, 3.63) is 0 Å². The van der Waals surface area contributed by atoms with Crippen molar-refractivity contribution >= 4 is 0 Å². The molecule has 0 rings (SSSR count). The van der Waals surface area contributed by atoms with Gasteiger partial charge in [-0.2, -0.15) is 5.06 Å². The Balaban J connectivity index is 3.32. The molecule has 0 aliphatic rings. The Morgan fingerprint density at radius 1 is 1.67 bits per heavy atom. The summed E-state index contributed by atoms with van der Waals surface area (Å²) in [4.78, 5) is 5.15. The van der Waals surface area contributed by atoms with Crippen molar-refractivity contribution in [2.45, 2.75) is 19.9 Å². The van der Waals surface area contributed by atoms with E-state index in [-0.39, 0.29) is 0 Å². The van der Waals surface area contributed by atoms with Gasteiger partial charge >= 0.3 is 0 Å². The second-order valence-electron chi connectivity index (χ2n) is 2.05. The smallest absolute Gasteiger partial charge is 0.0656 e. The van der Waals surface area contributed by atoms with E-state index in [1.54, 1.807) is 5.06 Å². The first-order chi connectivity index (χ1) is 4.22. The van der Waals surface area contributed by atoms with Crippen LogP contribution >= 0.6 is 0 Å². The van der Waals surface area contributed by atoms with Crippen LogP contribution in [0.2, 0.25) is 0 Å². The minimum Gasteiger partial charge on any atom is -0.329 e. The van der Waals surface area contributed by atoms with Gasteiger partial charge in [0.25, 0.3) is 0 Å². The number of hydroxylamine groups is 2. The van der Waals surface area contributed by atoms with Crippen molar-refractivity contribution in [1.82, 2.24) is 5.06 Å². The van der Waals surface area contributed by atoms with E-state index in [0.717, 1.165) is 0 Å². The third-order valence-electron chi connectivity index (χ3n) is 1.29. The summed E-state index contributed by atoms with van der Waals surface area (Å²) < 4.78 is 0. The van der Waals surface area contributed by atoms with E-state index in [1.165, 1.54) is 0 Å². The first-order valence-corrected chi connectivity index (χ1v) is 3.28. The highest BCUT2D eigenvalue weighted by atomic mass is 16.7. The SMILES string of the molecule is CCON(C)C(C)CN. The summed E-state index contributed by atoms with van der Waals surface area (Å²) in [6.07, 6.45) is 0. The molecule has 0 aromatic rings. The largest absolute Gasteiger partial charge is 0.329 e. The van der Waals surface area contributed by atoms with E-state index in [9.17, 15) is 0 Å². The van der Waals surface area contributed by atoms with Crippen LogP contribution in [0, 0.1) is 0 Å². The second-order valence-corrected chi connectivity index (χ2v) is 2.05. The van der Waals surface area contributed by atoms with Gasteiger partial charge in [-0.1, -0.05) is 0 Å². The van der Waals surface area contributed by atoms with Crippen LogP contribution in [0.4, 0.5) is 0 Å². The van der Waals surface area contributed by atoms with Crippen molar-refractivity contribution in [1.29, 1.82) is 0 Å². The quantitative estimate of drug-likeness (QED) is 0.556. The Kier molecular flexibility index (Phi) is 4.67. The molecule has 0 aromatic heterocycles. The van der Waals surface area contributed by atoms with Crippen LogP contribution in [0.15, 0.2) is 0 Å². The van der Waals surface area contributed by atoms with Crippen molar-refractivity contribution in [2.24, 2.45) is 5.73 Å². The second kappa shape index (κ2) is 4.73. The number of nitrogens with two attached hydrogens (primary N) is 1. The molecule has 0 heterocycles. The van der Waals surface area contributed by atoms with Gasteiger partial charge < -0.3 is 5.73 Å². The molecular weight excluding hydrogens is 116 g/mol. The predicted molar refractivity (Wildman–Crippen MR) is 37.9 cm³/mol. The Hall–Kier alpha value is -0.120. The van der Waals surface area contributed by atoms with Gasteiger partial charge in [-0.05, 0) is 13.8 Å². The van der Waals surface area contributed by atoms with Crippen molar-refractivity contribution in [2.75, 3.05) is 20.2 Å². The Bertz CT molecular complexity index is 68.1. The number of hydrogen-bond acceptors (Lipinski definition) is 3.